The number of thiol groups is 1. The van der Waals surface area contributed by atoms with Crippen LogP contribution in [0.5, 0.6) is 5.88 Å². The lowest BCUT2D eigenvalue weighted by molar-refractivity contribution is -0.127. The van der Waals surface area contributed by atoms with E-state index in [1.54, 1.807) is 19.1 Å². The molecule has 8 nitrogen and oxygen atoms in total. The second kappa shape index (κ2) is 12.1. The number of carbonyl (C=O) groups excluding carboxylic acids is 1. The molecule has 2 atom stereocenters. The number of hydrogen-bond acceptors (Lipinski definition) is 7. The van der Waals surface area contributed by atoms with Crippen molar-refractivity contribution in [2.75, 3.05) is 17.6 Å². The second-order valence-electron chi connectivity index (χ2n) is 7.72. The number of hydrogen-bond donors (Lipinski definition) is 5. The fraction of sp³-hybridized carbons (Fsp3) is 0.240. The molecule has 5 N–H and O–H groups in total. The summed E-state index contributed by atoms with van der Waals surface area (Å²) >= 11 is 4.21. The van der Waals surface area contributed by atoms with E-state index in [0.717, 1.165) is 11.1 Å². The Hall–Kier alpha value is -3.56. The molecule has 0 saturated carbocycles. The number of nitrogens with one attached hydrogen (secondary N) is 2. The van der Waals surface area contributed by atoms with E-state index in [0.29, 0.717) is 29.6 Å². The van der Waals surface area contributed by atoms with E-state index in [1.165, 1.54) is 12.1 Å². The average Bonchev–Trinajstić information content (AvgIpc) is 2.86. The lowest BCUT2D eigenvalue weighted by atomic mass is 10.1. The maximum absolute atomic E-state index is 12.7. The number of carboxylic acid groups (broad SMARTS) is 1. The highest BCUT2D eigenvalue weighted by Crippen LogP contribution is 2.28. The van der Waals surface area contributed by atoms with Gasteiger partial charge in [-0.2, -0.15) is 12.6 Å². The average molecular weight is 481 g/mol. The first-order valence-electron chi connectivity index (χ1n) is 10.8. The largest absolute Gasteiger partial charge is 0.478 e. The summed E-state index contributed by atoms with van der Waals surface area (Å²) in [4.78, 5) is 28.3. The zero-order valence-electron chi connectivity index (χ0n) is 18.8. The van der Waals surface area contributed by atoms with Crippen molar-refractivity contribution in [1.29, 1.82) is 0 Å². The number of benzene rings is 2. The van der Waals surface area contributed by atoms with E-state index in [2.05, 4.69) is 28.2 Å². The van der Waals surface area contributed by atoms with Crippen molar-refractivity contribution >= 4 is 30.2 Å². The highest BCUT2D eigenvalue weighted by atomic mass is 32.1. The minimum Gasteiger partial charge on any atom is -0.478 e. The summed E-state index contributed by atoms with van der Waals surface area (Å²) in [6.07, 6.45) is -0.823. The van der Waals surface area contributed by atoms with Gasteiger partial charge >= 0.3 is 5.97 Å². The van der Waals surface area contributed by atoms with E-state index in [-0.39, 0.29) is 24.1 Å². The van der Waals surface area contributed by atoms with Crippen LogP contribution in [0.2, 0.25) is 0 Å². The molecule has 9 heteroatoms. The highest BCUT2D eigenvalue weighted by molar-refractivity contribution is 7.80. The molecule has 0 aliphatic carbocycles. The van der Waals surface area contributed by atoms with Crippen molar-refractivity contribution in [3.63, 3.8) is 0 Å². The number of nitrogens with two attached hydrogens (primary N) is 1. The summed E-state index contributed by atoms with van der Waals surface area (Å²) in [6, 6.07) is 19.6. The number of nitrogens with zero attached hydrogens (tertiary/aromatic N) is 1. The van der Waals surface area contributed by atoms with Crippen LogP contribution in [0.4, 0.5) is 5.69 Å². The molecule has 0 saturated heterocycles. The first-order chi connectivity index (χ1) is 16.4. The highest BCUT2D eigenvalue weighted by Gasteiger charge is 2.18. The Morgan fingerprint density at radius 3 is 2.44 bits per heavy atom. The van der Waals surface area contributed by atoms with Gasteiger partial charge in [-0.3, -0.25) is 4.79 Å². The third kappa shape index (κ3) is 6.97. The molecule has 0 aliphatic heterocycles. The number of rotatable bonds is 11. The molecule has 1 unspecified atom stereocenters. The Labute approximate surface area is 204 Å². The van der Waals surface area contributed by atoms with E-state index in [4.69, 9.17) is 15.6 Å². The molecule has 1 heterocycles. The molecule has 0 fully saturated rings. The SMILES string of the molecule is C[C@@H](Oc1nc(-c2ccccc2)ccc1NCC(N)CS)C(=O)NCc1ccc(C(=O)O)cc1. The molecule has 0 aliphatic rings. The van der Waals surface area contributed by atoms with Gasteiger partial charge in [-0.15, -0.1) is 0 Å². The van der Waals surface area contributed by atoms with Gasteiger partial charge in [0.1, 0.15) is 0 Å². The first-order valence-corrected chi connectivity index (χ1v) is 11.4. The monoisotopic (exact) mass is 480 g/mol. The quantitative estimate of drug-likeness (QED) is 0.267. The summed E-state index contributed by atoms with van der Waals surface area (Å²) in [6.45, 7) is 2.36. The van der Waals surface area contributed by atoms with Gasteiger partial charge in [0.2, 0.25) is 5.88 Å². The number of anilines is 1. The van der Waals surface area contributed by atoms with Crippen LogP contribution in [0.15, 0.2) is 66.7 Å². The number of carbonyl (C=O) groups is 2. The molecule has 1 amide bonds. The number of aromatic nitrogens is 1. The van der Waals surface area contributed by atoms with Crippen molar-refractivity contribution in [2.45, 2.75) is 25.6 Å². The Balaban J connectivity index is 1.71. The molecule has 3 rings (SSSR count). The normalized spacial score (nSPS) is 12.4. The maximum atomic E-state index is 12.7. The van der Waals surface area contributed by atoms with Crippen molar-refractivity contribution in [3.05, 3.63) is 77.9 Å². The fourth-order valence-corrected chi connectivity index (χ4v) is 3.19. The van der Waals surface area contributed by atoms with Crippen LogP contribution in [-0.2, 0) is 11.3 Å². The van der Waals surface area contributed by atoms with Crippen LogP contribution in [-0.4, -0.2) is 46.4 Å². The standard InChI is InChI=1S/C25H28N4O4S/c1-16(23(30)28-13-17-7-9-19(10-8-17)25(31)32)33-24-22(27-14-20(26)15-34)12-11-21(29-24)18-5-3-2-4-6-18/h2-12,16,20,27,34H,13-15,26H2,1H3,(H,28,30)(H,31,32)/t16-,20?/m1/s1. The Bertz CT molecular complexity index is 1110. The molecule has 2 aromatic carbocycles. The summed E-state index contributed by atoms with van der Waals surface area (Å²) in [5, 5.41) is 15.0. The minimum atomic E-state index is -0.998. The number of amides is 1. The van der Waals surface area contributed by atoms with Crippen molar-refractivity contribution < 1.29 is 19.4 Å². The Morgan fingerprint density at radius 2 is 1.79 bits per heavy atom. The number of ether oxygens (including phenoxy) is 1. The van der Waals surface area contributed by atoms with Gasteiger partial charge in [0, 0.05) is 30.4 Å². The van der Waals surface area contributed by atoms with Crippen LogP contribution in [0.3, 0.4) is 0 Å². The molecule has 178 valence electrons. The second-order valence-corrected chi connectivity index (χ2v) is 8.08. The topological polar surface area (TPSA) is 127 Å². The number of pyridine rings is 1. The molecular formula is C25H28N4O4S. The summed E-state index contributed by atoms with van der Waals surface area (Å²) in [5.74, 6) is -0.513. The molecule has 0 radical (unpaired) electrons. The van der Waals surface area contributed by atoms with Gasteiger partial charge in [-0.05, 0) is 36.8 Å². The van der Waals surface area contributed by atoms with Gasteiger partial charge in [0.05, 0.1) is 16.9 Å². The van der Waals surface area contributed by atoms with E-state index in [1.807, 2.05) is 42.5 Å². The van der Waals surface area contributed by atoms with Crippen molar-refractivity contribution in [3.8, 4) is 17.1 Å². The van der Waals surface area contributed by atoms with Crippen LogP contribution in [0.25, 0.3) is 11.3 Å². The van der Waals surface area contributed by atoms with Gasteiger partial charge in [-0.1, -0.05) is 42.5 Å². The lowest BCUT2D eigenvalue weighted by Crippen LogP contribution is -2.36. The predicted octanol–water partition coefficient (Wildman–Crippen LogP) is 3.20. The van der Waals surface area contributed by atoms with Crippen LogP contribution in [0, 0.1) is 0 Å². The van der Waals surface area contributed by atoms with Gasteiger partial charge in [-0.25, -0.2) is 9.78 Å². The van der Waals surface area contributed by atoms with E-state index in [9.17, 15) is 9.59 Å². The summed E-state index contributed by atoms with van der Waals surface area (Å²) in [5.41, 5.74) is 9.19. The molecule has 0 spiro atoms. The van der Waals surface area contributed by atoms with Gasteiger partial charge < -0.3 is 26.2 Å². The first kappa shape index (κ1) is 25.1. The number of carboxylic acids is 1. The molecular weight excluding hydrogens is 452 g/mol. The molecule has 3 aromatic rings. The number of aromatic carboxylic acids is 1. The zero-order chi connectivity index (χ0) is 24.5. The van der Waals surface area contributed by atoms with Crippen LogP contribution < -0.4 is 21.1 Å². The summed E-state index contributed by atoms with van der Waals surface area (Å²) < 4.78 is 5.95. The zero-order valence-corrected chi connectivity index (χ0v) is 19.7. The smallest absolute Gasteiger partial charge is 0.335 e. The third-order valence-electron chi connectivity index (χ3n) is 5.04. The molecule has 34 heavy (non-hydrogen) atoms. The lowest BCUT2D eigenvalue weighted by Gasteiger charge is -2.19. The van der Waals surface area contributed by atoms with Crippen molar-refractivity contribution in [1.82, 2.24) is 10.3 Å². The third-order valence-corrected chi connectivity index (χ3v) is 5.51. The predicted molar refractivity (Wildman–Crippen MR) is 135 cm³/mol. The maximum Gasteiger partial charge on any atom is 0.335 e. The van der Waals surface area contributed by atoms with Gasteiger partial charge in [0.15, 0.2) is 6.10 Å². The fourth-order valence-electron chi connectivity index (χ4n) is 3.06. The summed E-state index contributed by atoms with van der Waals surface area (Å²) in [7, 11) is 0. The van der Waals surface area contributed by atoms with E-state index < -0.39 is 12.1 Å². The van der Waals surface area contributed by atoms with Crippen molar-refractivity contribution in [2.24, 2.45) is 5.73 Å². The van der Waals surface area contributed by atoms with Crippen LogP contribution >= 0.6 is 12.6 Å². The Kier molecular flexibility index (Phi) is 8.89. The van der Waals surface area contributed by atoms with E-state index >= 15 is 0 Å². The Morgan fingerprint density at radius 1 is 1.09 bits per heavy atom. The molecule has 0 bridgehead atoms. The van der Waals surface area contributed by atoms with Crippen LogP contribution in [0.1, 0.15) is 22.8 Å². The minimum absolute atomic E-state index is 0.154. The van der Waals surface area contributed by atoms with Gasteiger partial charge in [0.25, 0.3) is 5.91 Å². The molecule has 1 aromatic heterocycles.